The van der Waals surface area contributed by atoms with Crippen LogP contribution in [0.1, 0.15) is 42.5 Å². The molecule has 1 N–H and O–H groups in total. The van der Waals surface area contributed by atoms with E-state index in [0.29, 0.717) is 11.5 Å². The lowest BCUT2D eigenvalue weighted by Crippen LogP contribution is -2.42. The van der Waals surface area contributed by atoms with Crippen LogP contribution in [0.3, 0.4) is 0 Å². The van der Waals surface area contributed by atoms with Crippen LogP contribution in [0.25, 0.3) is 0 Å². The number of allylic oxidation sites excluding steroid dienone is 2. The summed E-state index contributed by atoms with van der Waals surface area (Å²) in [4.78, 5) is 26.2. The van der Waals surface area contributed by atoms with Gasteiger partial charge in [-0.05, 0) is 44.1 Å². The number of rotatable bonds is 4. The lowest BCUT2D eigenvalue weighted by Gasteiger charge is -2.32. The van der Waals surface area contributed by atoms with Crippen LogP contribution in [0.15, 0.2) is 35.2 Å². The first-order chi connectivity index (χ1) is 11.2. The molecule has 3 rings (SSSR count). The standard InChI is InChI=1S/C18H24N2O3/c21-17(15-4-2-1-3-5-15)19-12-14-6-9-20(10-7-14)18(22)16-8-11-23-13-16/h1-2,8,11,13-15H,3-7,9-10,12H2,(H,19,21)/t15-/m0/s1. The van der Waals surface area contributed by atoms with E-state index < -0.39 is 0 Å². The molecule has 1 atom stereocenters. The normalized spacial score (nSPS) is 22.1. The van der Waals surface area contributed by atoms with Crippen LogP contribution in [0, 0.1) is 11.8 Å². The molecule has 1 aliphatic heterocycles. The second-order valence-corrected chi connectivity index (χ2v) is 6.47. The van der Waals surface area contributed by atoms with Gasteiger partial charge in [0.25, 0.3) is 5.91 Å². The lowest BCUT2D eigenvalue weighted by atomic mass is 9.92. The van der Waals surface area contributed by atoms with Crippen molar-refractivity contribution in [1.82, 2.24) is 10.2 Å². The van der Waals surface area contributed by atoms with Gasteiger partial charge in [-0.2, -0.15) is 0 Å². The van der Waals surface area contributed by atoms with E-state index in [1.165, 1.54) is 12.5 Å². The first-order valence-corrected chi connectivity index (χ1v) is 8.48. The number of hydrogen-bond donors (Lipinski definition) is 1. The van der Waals surface area contributed by atoms with Gasteiger partial charge in [0.2, 0.25) is 5.91 Å². The molecule has 1 fully saturated rings. The van der Waals surface area contributed by atoms with Crippen molar-refractivity contribution >= 4 is 11.8 Å². The molecule has 124 valence electrons. The maximum atomic E-state index is 12.2. The third-order valence-corrected chi connectivity index (χ3v) is 4.87. The predicted octanol–water partition coefficient (Wildman–Crippen LogP) is 2.60. The van der Waals surface area contributed by atoms with Gasteiger partial charge in [0.1, 0.15) is 6.26 Å². The molecule has 5 heteroatoms. The number of piperidine rings is 1. The molecule has 0 spiro atoms. The van der Waals surface area contributed by atoms with Crippen molar-refractivity contribution in [3.8, 4) is 0 Å². The number of furan rings is 1. The molecular weight excluding hydrogens is 292 g/mol. The molecule has 1 saturated heterocycles. The molecule has 2 aliphatic rings. The van der Waals surface area contributed by atoms with Crippen molar-refractivity contribution in [2.24, 2.45) is 11.8 Å². The topological polar surface area (TPSA) is 62.6 Å². The number of hydrogen-bond acceptors (Lipinski definition) is 3. The molecule has 2 heterocycles. The van der Waals surface area contributed by atoms with Crippen LogP contribution in [0.4, 0.5) is 0 Å². The zero-order valence-corrected chi connectivity index (χ0v) is 13.4. The molecule has 0 radical (unpaired) electrons. The summed E-state index contributed by atoms with van der Waals surface area (Å²) in [6.45, 7) is 2.22. The van der Waals surface area contributed by atoms with E-state index in [4.69, 9.17) is 4.42 Å². The minimum Gasteiger partial charge on any atom is -0.472 e. The van der Waals surface area contributed by atoms with Crippen molar-refractivity contribution in [2.75, 3.05) is 19.6 Å². The van der Waals surface area contributed by atoms with Crippen LogP contribution in [-0.2, 0) is 4.79 Å². The SMILES string of the molecule is O=C(NCC1CCN(C(=O)c2ccoc2)CC1)[C@H]1CC=CCC1. The quantitative estimate of drug-likeness (QED) is 0.869. The molecule has 0 saturated carbocycles. The molecular formula is C18H24N2O3. The van der Waals surface area contributed by atoms with Crippen LogP contribution in [-0.4, -0.2) is 36.3 Å². The van der Waals surface area contributed by atoms with Crippen LogP contribution < -0.4 is 5.32 Å². The Morgan fingerprint density at radius 3 is 2.70 bits per heavy atom. The fourth-order valence-electron chi connectivity index (χ4n) is 3.33. The van der Waals surface area contributed by atoms with Crippen molar-refractivity contribution < 1.29 is 14.0 Å². The second kappa shape index (κ2) is 7.49. The smallest absolute Gasteiger partial charge is 0.257 e. The number of nitrogens with zero attached hydrogens (tertiary/aromatic N) is 1. The number of amides is 2. The van der Waals surface area contributed by atoms with E-state index in [-0.39, 0.29) is 17.7 Å². The average Bonchev–Trinajstić information content (AvgIpc) is 3.15. The average molecular weight is 316 g/mol. The summed E-state index contributed by atoms with van der Waals surface area (Å²) < 4.78 is 4.97. The molecule has 1 aliphatic carbocycles. The van der Waals surface area contributed by atoms with Crippen LogP contribution in [0.2, 0.25) is 0 Å². The molecule has 0 bridgehead atoms. The van der Waals surface area contributed by atoms with Gasteiger partial charge in [-0.25, -0.2) is 0 Å². The van der Waals surface area contributed by atoms with Crippen LogP contribution >= 0.6 is 0 Å². The van der Waals surface area contributed by atoms with E-state index in [1.54, 1.807) is 6.07 Å². The Morgan fingerprint density at radius 2 is 2.04 bits per heavy atom. The minimum absolute atomic E-state index is 0.0372. The first-order valence-electron chi connectivity index (χ1n) is 8.48. The third-order valence-electron chi connectivity index (χ3n) is 4.87. The minimum atomic E-state index is 0.0372. The van der Waals surface area contributed by atoms with Gasteiger partial charge in [0.15, 0.2) is 0 Å². The molecule has 1 aromatic rings. The van der Waals surface area contributed by atoms with Gasteiger partial charge in [-0.15, -0.1) is 0 Å². The lowest BCUT2D eigenvalue weighted by molar-refractivity contribution is -0.125. The Hall–Kier alpha value is -2.04. The Balaban J connectivity index is 1.40. The summed E-state index contributed by atoms with van der Waals surface area (Å²) in [5.74, 6) is 0.829. The molecule has 1 aromatic heterocycles. The predicted molar refractivity (Wildman–Crippen MR) is 86.8 cm³/mol. The fourth-order valence-corrected chi connectivity index (χ4v) is 3.33. The summed E-state index contributed by atoms with van der Waals surface area (Å²) in [7, 11) is 0. The largest absolute Gasteiger partial charge is 0.472 e. The van der Waals surface area contributed by atoms with E-state index in [1.807, 2.05) is 4.90 Å². The molecule has 0 aromatic carbocycles. The third kappa shape index (κ3) is 4.03. The van der Waals surface area contributed by atoms with E-state index in [0.717, 1.165) is 51.7 Å². The van der Waals surface area contributed by atoms with Crippen molar-refractivity contribution in [1.29, 1.82) is 0 Å². The van der Waals surface area contributed by atoms with Gasteiger partial charge in [-0.3, -0.25) is 9.59 Å². The Bertz CT molecular complexity index is 557. The number of nitrogens with one attached hydrogen (secondary N) is 1. The highest BCUT2D eigenvalue weighted by molar-refractivity contribution is 5.93. The van der Waals surface area contributed by atoms with Crippen molar-refractivity contribution in [3.05, 3.63) is 36.3 Å². The summed E-state index contributed by atoms with van der Waals surface area (Å²) in [6.07, 6.45) is 12.0. The monoisotopic (exact) mass is 316 g/mol. The highest BCUT2D eigenvalue weighted by Gasteiger charge is 2.25. The summed E-state index contributed by atoms with van der Waals surface area (Å²) in [6, 6.07) is 1.70. The fraction of sp³-hybridized carbons (Fsp3) is 0.556. The highest BCUT2D eigenvalue weighted by Crippen LogP contribution is 2.21. The van der Waals surface area contributed by atoms with E-state index in [9.17, 15) is 9.59 Å². The van der Waals surface area contributed by atoms with Crippen LogP contribution in [0.5, 0.6) is 0 Å². The van der Waals surface area contributed by atoms with Gasteiger partial charge < -0.3 is 14.6 Å². The molecule has 2 amide bonds. The summed E-state index contributed by atoms with van der Waals surface area (Å²) in [5.41, 5.74) is 0.613. The van der Waals surface area contributed by atoms with Gasteiger partial charge in [0, 0.05) is 25.6 Å². The number of carbonyl (C=O) groups excluding carboxylic acids is 2. The Labute approximate surface area is 136 Å². The number of likely N-dealkylation sites (tertiary alicyclic amines) is 1. The van der Waals surface area contributed by atoms with Gasteiger partial charge >= 0.3 is 0 Å². The van der Waals surface area contributed by atoms with Crippen molar-refractivity contribution in [2.45, 2.75) is 32.1 Å². The van der Waals surface area contributed by atoms with E-state index >= 15 is 0 Å². The summed E-state index contributed by atoms with van der Waals surface area (Å²) >= 11 is 0. The second-order valence-electron chi connectivity index (χ2n) is 6.47. The van der Waals surface area contributed by atoms with Gasteiger partial charge in [0.05, 0.1) is 11.8 Å². The molecule has 0 unspecified atom stereocenters. The Kier molecular flexibility index (Phi) is 5.16. The highest BCUT2D eigenvalue weighted by atomic mass is 16.3. The Morgan fingerprint density at radius 1 is 1.22 bits per heavy atom. The first kappa shape index (κ1) is 15.8. The number of carbonyl (C=O) groups is 2. The maximum absolute atomic E-state index is 12.2. The zero-order valence-electron chi connectivity index (χ0n) is 13.4. The molecule has 23 heavy (non-hydrogen) atoms. The maximum Gasteiger partial charge on any atom is 0.257 e. The zero-order chi connectivity index (χ0) is 16.1. The summed E-state index contributed by atoms with van der Waals surface area (Å²) in [5, 5.41) is 3.10. The van der Waals surface area contributed by atoms with Crippen molar-refractivity contribution in [3.63, 3.8) is 0 Å². The van der Waals surface area contributed by atoms with E-state index in [2.05, 4.69) is 17.5 Å². The molecule has 5 nitrogen and oxygen atoms in total. The van der Waals surface area contributed by atoms with Gasteiger partial charge in [-0.1, -0.05) is 12.2 Å².